The number of fused-ring (bicyclic) bond motifs is 4. The van der Waals surface area contributed by atoms with E-state index >= 15 is 0 Å². The summed E-state index contributed by atoms with van der Waals surface area (Å²) in [5.74, 6) is 0. The van der Waals surface area contributed by atoms with Crippen LogP contribution in [0.4, 0.5) is 17.1 Å². The number of hydrogen-bond donors (Lipinski definition) is 0. The van der Waals surface area contributed by atoms with E-state index in [4.69, 9.17) is 0 Å². The molecule has 0 saturated carbocycles. The molecule has 1 aliphatic rings. The maximum atomic E-state index is 2.43. The van der Waals surface area contributed by atoms with Crippen molar-refractivity contribution in [2.45, 2.75) is 19.3 Å². The molecule has 0 atom stereocenters. The second-order valence-corrected chi connectivity index (χ2v) is 15.0. The summed E-state index contributed by atoms with van der Waals surface area (Å²) in [4.78, 5) is 2.43. The van der Waals surface area contributed by atoms with Gasteiger partial charge in [-0.25, -0.2) is 0 Å². The molecule has 8 aromatic carbocycles. The van der Waals surface area contributed by atoms with Crippen molar-refractivity contribution in [1.29, 1.82) is 0 Å². The maximum Gasteiger partial charge on any atom is 0.0534 e. The van der Waals surface area contributed by atoms with E-state index < -0.39 is 0 Å². The first kappa shape index (κ1) is 32.7. The van der Waals surface area contributed by atoms with Gasteiger partial charge in [0, 0.05) is 39.7 Å². The topological polar surface area (TPSA) is 8.17 Å². The van der Waals surface area contributed by atoms with E-state index in [2.05, 4.69) is 230 Å². The molecule has 55 heavy (non-hydrogen) atoms. The molecule has 1 aromatic heterocycles. The largest absolute Gasteiger partial charge is 0.317 e. The van der Waals surface area contributed by atoms with Gasteiger partial charge in [-0.3, -0.25) is 0 Å². The van der Waals surface area contributed by atoms with Crippen LogP contribution in [0.2, 0.25) is 0 Å². The van der Waals surface area contributed by atoms with Crippen LogP contribution in [-0.2, 0) is 5.41 Å². The van der Waals surface area contributed by atoms with Crippen LogP contribution in [-0.4, -0.2) is 4.57 Å². The molecule has 0 fully saturated rings. The van der Waals surface area contributed by atoms with Gasteiger partial charge >= 0.3 is 0 Å². The van der Waals surface area contributed by atoms with E-state index in [1.54, 1.807) is 0 Å². The zero-order valence-corrected chi connectivity index (χ0v) is 31.0. The second kappa shape index (κ2) is 13.2. The molecule has 2 nitrogen and oxygen atoms in total. The van der Waals surface area contributed by atoms with Crippen LogP contribution in [0, 0.1) is 0 Å². The Bertz CT molecular complexity index is 2810. The molecule has 0 aliphatic heterocycles. The Labute approximate surface area is 323 Å². The molecule has 2 heteroatoms. The summed E-state index contributed by atoms with van der Waals surface area (Å²) in [5.41, 5.74) is 18.2. The predicted molar refractivity (Wildman–Crippen MR) is 232 cm³/mol. The standard InChI is InChI=1S/C53H40N2/c1-53(2)50-23-13-12-21-46(50)47-32-30-43(36-51(47)53)55(41-27-25-38(26-28-41)37-15-6-3-7-16-37)42-29-31-45(49(35-42)39-17-8-4-9-18-39)44-22-14-24-52-48(44)33-34-54(52)40-19-10-5-11-20-40/h3-36H,1-2H3. The van der Waals surface area contributed by atoms with Crippen LogP contribution in [0.1, 0.15) is 25.0 Å². The zero-order valence-electron chi connectivity index (χ0n) is 31.0. The first-order valence-corrected chi connectivity index (χ1v) is 19.1. The van der Waals surface area contributed by atoms with Gasteiger partial charge in [0.25, 0.3) is 0 Å². The highest BCUT2D eigenvalue weighted by Gasteiger charge is 2.35. The third kappa shape index (κ3) is 5.57. The monoisotopic (exact) mass is 704 g/mol. The minimum Gasteiger partial charge on any atom is -0.317 e. The molecule has 0 unspecified atom stereocenters. The third-order valence-electron chi connectivity index (χ3n) is 11.5. The fourth-order valence-electron chi connectivity index (χ4n) is 8.69. The summed E-state index contributed by atoms with van der Waals surface area (Å²) < 4.78 is 2.28. The summed E-state index contributed by atoms with van der Waals surface area (Å²) in [6.45, 7) is 4.71. The van der Waals surface area contributed by atoms with Gasteiger partial charge in [0.05, 0.1) is 5.52 Å². The van der Waals surface area contributed by atoms with Crippen molar-refractivity contribution in [1.82, 2.24) is 4.57 Å². The Balaban J connectivity index is 1.16. The molecular formula is C53H40N2. The number of para-hydroxylation sites is 1. The lowest BCUT2D eigenvalue weighted by Gasteiger charge is -2.29. The van der Waals surface area contributed by atoms with Crippen molar-refractivity contribution in [2.24, 2.45) is 0 Å². The summed E-state index contributed by atoms with van der Waals surface area (Å²) >= 11 is 0. The Morgan fingerprint density at radius 3 is 1.69 bits per heavy atom. The highest BCUT2D eigenvalue weighted by atomic mass is 15.1. The number of nitrogens with zero attached hydrogens (tertiary/aromatic N) is 2. The van der Waals surface area contributed by atoms with E-state index in [0.29, 0.717) is 0 Å². The predicted octanol–water partition coefficient (Wildman–Crippen LogP) is 14.4. The van der Waals surface area contributed by atoms with E-state index in [-0.39, 0.29) is 5.41 Å². The number of aromatic nitrogens is 1. The van der Waals surface area contributed by atoms with Gasteiger partial charge in [-0.2, -0.15) is 0 Å². The molecule has 0 saturated heterocycles. The summed E-state index contributed by atoms with van der Waals surface area (Å²) in [6, 6.07) is 72.9. The first-order chi connectivity index (χ1) is 27.0. The minimum absolute atomic E-state index is 0.112. The Morgan fingerprint density at radius 1 is 0.382 bits per heavy atom. The first-order valence-electron chi connectivity index (χ1n) is 19.1. The van der Waals surface area contributed by atoms with Gasteiger partial charge in [-0.15, -0.1) is 0 Å². The molecular weight excluding hydrogens is 665 g/mol. The van der Waals surface area contributed by atoms with Crippen molar-refractivity contribution in [3.8, 4) is 50.2 Å². The van der Waals surface area contributed by atoms with Gasteiger partial charge in [0.2, 0.25) is 0 Å². The quantitative estimate of drug-likeness (QED) is 0.160. The van der Waals surface area contributed by atoms with E-state index in [1.165, 1.54) is 66.5 Å². The van der Waals surface area contributed by atoms with Gasteiger partial charge in [0.1, 0.15) is 0 Å². The molecule has 0 amide bonds. The minimum atomic E-state index is -0.112. The Kier molecular flexibility index (Phi) is 7.85. The van der Waals surface area contributed by atoms with Crippen LogP contribution in [0.15, 0.2) is 206 Å². The van der Waals surface area contributed by atoms with Gasteiger partial charge in [-0.1, -0.05) is 153 Å². The van der Waals surface area contributed by atoms with Crippen LogP contribution in [0.3, 0.4) is 0 Å². The lowest BCUT2D eigenvalue weighted by atomic mass is 9.82. The van der Waals surface area contributed by atoms with Crippen molar-refractivity contribution in [3.05, 3.63) is 218 Å². The molecule has 9 aromatic rings. The maximum absolute atomic E-state index is 2.43. The second-order valence-electron chi connectivity index (χ2n) is 15.0. The van der Waals surface area contributed by atoms with Crippen molar-refractivity contribution < 1.29 is 0 Å². The van der Waals surface area contributed by atoms with E-state index in [0.717, 1.165) is 22.7 Å². The molecule has 1 aliphatic carbocycles. The normalized spacial score (nSPS) is 12.7. The van der Waals surface area contributed by atoms with Gasteiger partial charge in [-0.05, 0) is 116 Å². The molecule has 0 bridgehead atoms. The smallest absolute Gasteiger partial charge is 0.0534 e. The van der Waals surface area contributed by atoms with Crippen LogP contribution in [0.25, 0.3) is 61.1 Å². The molecule has 10 rings (SSSR count). The molecule has 262 valence electrons. The zero-order chi connectivity index (χ0) is 36.9. The Hall–Kier alpha value is -6.90. The number of benzene rings is 8. The number of anilines is 3. The van der Waals surface area contributed by atoms with Crippen molar-refractivity contribution in [2.75, 3.05) is 4.90 Å². The third-order valence-corrected chi connectivity index (χ3v) is 11.5. The van der Waals surface area contributed by atoms with Crippen molar-refractivity contribution >= 4 is 28.0 Å². The van der Waals surface area contributed by atoms with Gasteiger partial charge < -0.3 is 9.47 Å². The number of hydrogen-bond acceptors (Lipinski definition) is 1. The highest BCUT2D eigenvalue weighted by Crippen LogP contribution is 2.51. The summed E-state index contributed by atoms with van der Waals surface area (Å²) in [6.07, 6.45) is 2.19. The Morgan fingerprint density at radius 2 is 0.945 bits per heavy atom. The highest BCUT2D eigenvalue weighted by molar-refractivity contribution is 6.01. The average molecular weight is 705 g/mol. The average Bonchev–Trinajstić information content (AvgIpc) is 3.79. The fourth-order valence-corrected chi connectivity index (χ4v) is 8.69. The van der Waals surface area contributed by atoms with E-state index in [1.807, 2.05) is 0 Å². The SMILES string of the molecule is CC1(C)c2ccccc2-c2ccc(N(c3ccc(-c4ccccc4)cc3)c3ccc(-c4cccc5c4ccn5-c4ccccc4)c(-c4ccccc4)c3)cc21. The van der Waals surface area contributed by atoms with Crippen LogP contribution < -0.4 is 4.90 Å². The van der Waals surface area contributed by atoms with E-state index in [9.17, 15) is 0 Å². The molecule has 0 radical (unpaired) electrons. The lowest BCUT2D eigenvalue weighted by molar-refractivity contribution is 0.660. The van der Waals surface area contributed by atoms with Crippen molar-refractivity contribution in [3.63, 3.8) is 0 Å². The summed E-state index contributed by atoms with van der Waals surface area (Å²) in [5, 5.41) is 1.23. The van der Waals surface area contributed by atoms with Gasteiger partial charge in [0.15, 0.2) is 0 Å². The fraction of sp³-hybridized carbons (Fsp3) is 0.0566. The number of rotatable bonds is 7. The molecule has 1 heterocycles. The summed E-state index contributed by atoms with van der Waals surface area (Å²) in [7, 11) is 0. The molecule has 0 N–H and O–H groups in total. The van der Waals surface area contributed by atoms with Crippen LogP contribution >= 0.6 is 0 Å². The lowest BCUT2D eigenvalue weighted by Crippen LogP contribution is -2.16. The van der Waals surface area contributed by atoms with Crippen LogP contribution in [0.5, 0.6) is 0 Å². The molecule has 0 spiro atoms.